The molecule has 0 fully saturated rings. The first-order chi connectivity index (χ1) is 8.54. The molecule has 0 amide bonds. The van der Waals surface area contributed by atoms with Gasteiger partial charge in [0.2, 0.25) is 0 Å². The van der Waals surface area contributed by atoms with Crippen LogP contribution in [0.15, 0.2) is 46.7 Å². The van der Waals surface area contributed by atoms with E-state index in [1.165, 1.54) is 17.7 Å². The summed E-state index contributed by atoms with van der Waals surface area (Å²) in [6.45, 7) is 3.99. The summed E-state index contributed by atoms with van der Waals surface area (Å²) in [7, 11) is 0. The highest BCUT2D eigenvalue weighted by Gasteiger charge is 2.14. The van der Waals surface area contributed by atoms with Crippen molar-refractivity contribution in [1.29, 1.82) is 0 Å². The highest BCUT2D eigenvalue weighted by molar-refractivity contribution is 6.03. The van der Waals surface area contributed by atoms with E-state index < -0.39 is 11.6 Å². The fourth-order valence-electron chi connectivity index (χ4n) is 1.65. The number of hydrazone groups is 1. The van der Waals surface area contributed by atoms with Gasteiger partial charge in [-0.1, -0.05) is 11.6 Å². The van der Waals surface area contributed by atoms with Crippen LogP contribution in [0.2, 0.25) is 0 Å². The molecule has 1 aliphatic heterocycles. The van der Waals surface area contributed by atoms with E-state index in [1.54, 1.807) is 0 Å². The van der Waals surface area contributed by atoms with E-state index in [9.17, 15) is 8.78 Å². The van der Waals surface area contributed by atoms with Crippen LogP contribution in [0.5, 0.6) is 0 Å². The van der Waals surface area contributed by atoms with Crippen LogP contribution in [0, 0.1) is 11.6 Å². The van der Waals surface area contributed by atoms with Crippen LogP contribution in [-0.2, 0) is 0 Å². The first kappa shape index (κ1) is 12.5. The van der Waals surface area contributed by atoms with Gasteiger partial charge in [-0.25, -0.2) is 8.78 Å². The van der Waals surface area contributed by atoms with Gasteiger partial charge in [0.25, 0.3) is 0 Å². The molecular weight excluding hydrogens is 234 g/mol. The minimum absolute atomic E-state index is 0.473. The van der Waals surface area contributed by atoms with Gasteiger partial charge in [-0.2, -0.15) is 5.10 Å². The lowest BCUT2D eigenvalue weighted by Crippen LogP contribution is -1.98. The summed E-state index contributed by atoms with van der Waals surface area (Å²) in [5, 5.41) is 4.08. The average Bonchev–Trinajstić information content (AvgIpc) is 2.73. The Bertz CT molecular complexity index is 533. The lowest BCUT2D eigenvalue weighted by molar-refractivity contribution is 0.583. The summed E-state index contributed by atoms with van der Waals surface area (Å²) in [6, 6.07) is 3.42. The second kappa shape index (κ2) is 5.12. The molecule has 0 spiro atoms. The Kier molecular flexibility index (Phi) is 3.55. The number of hydrogen-bond donors (Lipinski definition) is 1. The number of halogens is 2. The van der Waals surface area contributed by atoms with Gasteiger partial charge in [-0.05, 0) is 32.1 Å². The highest BCUT2D eigenvalue weighted by Crippen LogP contribution is 2.17. The minimum atomic E-state index is -0.588. The van der Waals surface area contributed by atoms with Gasteiger partial charge in [0, 0.05) is 23.7 Å². The molecule has 2 rings (SSSR count). The zero-order valence-electron chi connectivity index (χ0n) is 10.3. The van der Waals surface area contributed by atoms with Crippen LogP contribution in [0.25, 0.3) is 0 Å². The first-order valence-electron chi connectivity index (χ1n) is 5.68. The van der Waals surface area contributed by atoms with Crippen molar-refractivity contribution in [2.75, 3.05) is 0 Å². The molecule has 1 aliphatic rings. The molecule has 0 atom stereocenters. The summed E-state index contributed by atoms with van der Waals surface area (Å²) < 4.78 is 26.2. The molecule has 2 nitrogen and oxygen atoms in total. The third-order valence-electron chi connectivity index (χ3n) is 2.51. The van der Waals surface area contributed by atoms with Crippen molar-refractivity contribution in [3.05, 3.63) is 58.8 Å². The van der Waals surface area contributed by atoms with Crippen LogP contribution in [0.4, 0.5) is 8.78 Å². The summed E-state index contributed by atoms with van der Waals surface area (Å²) in [5.41, 5.74) is 6.06. The molecule has 94 valence electrons. The summed E-state index contributed by atoms with van der Waals surface area (Å²) >= 11 is 0. The van der Waals surface area contributed by atoms with Crippen molar-refractivity contribution in [3.63, 3.8) is 0 Å². The van der Waals surface area contributed by atoms with Crippen LogP contribution < -0.4 is 5.43 Å². The van der Waals surface area contributed by atoms with Crippen LogP contribution in [-0.4, -0.2) is 5.71 Å². The molecule has 18 heavy (non-hydrogen) atoms. The second-order valence-electron chi connectivity index (χ2n) is 4.44. The number of hydrogen-bond acceptors (Lipinski definition) is 2. The van der Waals surface area contributed by atoms with Crippen LogP contribution >= 0.6 is 0 Å². The Labute approximate surface area is 105 Å². The van der Waals surface area contributed by atoms with Gasteiger partial charge >= 0.3 is 0 Å². The Morgan fingerprint density at radius 1 is 1.22 bits per heavy atom. The molecule has 0 aromatic heterocycles. The molecule has 0 bridgehead atoms. The van der Waals surface area contributed by atoms with Gasteiger partial charge in [0.15, 0.2) is 0 Å². The number of nitrogens with one attached hydrogen (secondary N) is 1. The molecule has 0 saturated heterocycles. The maximum absolute atomic E-state index is 13.1. The maximum atomic E-state index is 13.1. The van der Waals surface area contributed by atoms with E-state index in [0.717, 1.165) is 11.8 Å². The molecule has 0 unspecified atom stereocenters. The van der Waals surface area contributed by atoms with Crippen molar-refractivity contribution >= 4 is 5.71 Å². The number of allylic oxidation sites excluding steroid dienone is 4. The summed E-state index contributed by atoms with van der Waals surface area (Å²) in [6.07, 6.45) is 4.43. The summed E-state index contributed by atoms with van der Waals surface area (Å²) in [4.78, 5) is 0. The zero-order chi connectivity index (χ0) is 13.1. The monoisotopic (exact) mass is 248 g/mol. The third-order valence-corrected chi connectivity index (χ3v) is 2.51. The van der Waals surface area contributed by atoms with Crippen molar-refractivity contribution in [3.8, 4) is 0 Å². The quantitative estimate of drug-likeness (QED) is 0.851. The molecule has 1 N–H and O–H groups in total. The molecular formula is C14H14F2N2. The molecule has 0 saturated carbocycles. The summed E-state index contributed by atoms with van der Waals surface area (Å²) in [5.74, 6) is -1.18. The van der Waals surface area contributed by atoms with E-state index >= 15 is 0 Å². The standard InChI is InChI=1S/C14H14F2N2/c1-9(2)3-4-13-8-14(18-17-13)10-5-11(15)7-12(16)6-10/h3-7,17H,8H2,1-2H3/b13-4+. The van der Waals surface area contributed by atoms with Crippen molar-refractivity contribution < 1.29 is 8.78 Å². The van der Waals surface area contributed by atoms with Crippen molar-refractivity contribution in [1.82, 2.24) is 5.43 Å². The second-order valence-corrected chi connectivity index (χ2v) is 4.44. The van der Waals surface area contributed by atoms with E-state index in [2.05, 4.69) is 10.5 Å². The Morgan fingerprint density at radius 3 is 2.50 bits per heavy atom. The molecule has 0 aliphatic carbocycles. The molecule has 4 heteroatoms. The Morgan fingerprint density at radius 2 is 1.89 bits per heavy atom. The first-order valence-corrected chi connectivity index (χ1v) is 5.68. The van der Waals surface area contributed by atoms with Gasteiger partial charge in [0.05, 0.1) is 5.71 Å². The van der Waals surface area contributed by atoms with E-state index in [4.69, 9.17) is 0 Å². The Balaban J connectivity index is 2.18. The van der Waals surface area contributed by atoms with Crippen LogP contribution in [0.1, 0.15) is 25.8 Å². The zero-order valence-corrected chi connectivity index (χ0v) is 10.3. The van der Waals surface area contributed by atoms with Gasteiger partial charge in [-0.15, -0.1) is 0 Å². The number of rotatable bonds is 2. The number of benzene rings is 1. The average molecular weight is 248 g/mol. The van der Waals surface area contributed by atoms with Crippen molar-refractivity contribution in [2.45, 2.75) is 20.3 Å². The topological polar surface area (TPSA) is 24.4 Å². The third kappa shape index (κ3) is 3.03. The van der Waals surface area contributed by atoms with Crippen LogP contribution in [0.3, 0.4) is 0 Å². The van der Waals surface area contributed by atoms with Crippen molar-refractivity contribution in [2.24, 2.45) is 5.10 Å². The van der Waals surface area contributed by atoms with E-state index in [-0.39, 0.29) is 0 Å². The SMILES string of the molecule is CC(C)=C/C=C1\CC(c2cc(F)cc(F)c2)=NN1. The number of nitrogens with zero attached hydrogens (tertiary/aromatic N) is 1. The predicted octanol–water partition coefficient (Wildman–Crippen LogP) is 3.51. The highest BCUT2D eigenvalue weighted by atomic mass is 19.1. The molecule has 1 heterocycles. The molecule has 1 aromatic rings. The lowest BCUT2D eigenvalue weighted by atomic mass is 10.1. The predicted molar refractivity (Wildman–Crippen MR) is 68.2 cm³/mol. The normalized spacial score (nSPS) is 16.4. The Hall–Kier alpha value is -1.97. The molecule has 0 radical (unpaired) electrons. The largest absolute Gasteiger partial charge is 0.282 e. The maximum Gasteiger partial charge on any atom is 0.126 e. The minimum Gasteiger partial charge on any atom is -0.282 e. The van der Waals surface area contributed by atoms with Gasteiger partial charge in [0.1, 0.15) is 11.6 Å². The van der Waals surface area contributed by atoms with Gasteiger partial charge < -0.3 is 0 Å². The fraction of sp³-hybridized carbons (Fsp3) is 0.214. The molecule has 1 aromatic carbocycles. The van der Waals surface area contributed by atoms with E-state index in [1.807, 2.05) is 26.0 Å². The van der Waals surface area contributed by atoms with E-state index in [0.29, 0.717) is 17.7 Å². The van der Waals surface area contributed by atoms with Gasteiger partial charge in [-0.3, -0.25) is 5.43 Å². The smallest absolute Gasteiger partial charge is 0.126 e. The lowest BCUT2D eigenvalue weighted by Gasteiger charge is -2.00. The fourth-order valence-corrected chi connectivity index (χ4v) is 1.65.